The Hall–Kier alpha value is -2.66. The maximum atomic E-state index is 13.7. The van der Waals surface area contributed by atoms with Crippen LogP contribution in [0, 0.1) is 6.92 Å². The van der Waals surface area contributed by atoms with Crippen molar-refractivity contribution in [1.29, 1.82) is 0 Å². The summed E-state index contributed by atoms with van der Waals surface area (Å²) in [5.41, 5.74) is -0.832. The first-order chi connectivity index (χ1) is 14.5. The topological polar surface area (TPSA) is 81.9 Å². The van der Waals surface area contributed by atoms with Crippen molar-refractivity contribution in [2.45, 2.75) is 39.7 Å². The molecule has 0 radical (unpaired) electrons. The number of benzene rings is 1. The van der Waals surface area contributed by atoms with Crippen molar-refractivity contribution < 1.29 is 27.1 Å². The molecule has 166 valence electrons. The maximum Gasteiger partial charge on any atom is 0.413 e. The van der Waals surface area contributed by atoms with Gasteiger partial charge in [0, 0.05) is 0 Å². The summed E-state index contributed by atoms with van der Waals surface area (Å²) in [6, 6.07) is 3.05. The molecule has 2 heterocycles. The largest absolute Gasteiger partial charge is 0.447 e. The summed E-state index contributed by atoms with van der Waals surface area (Å²) in [6.07, 6.45) is -8.03. The number of hydrogen-bond donors (Lipinski definition) is 1. The van der Waals surface area contributed by atoms with Gasteiger partial charge < -0.3 is 4.74 Å². The molecule has 3 rings (SSSR count). The van der Waals surface area contributed by atoms with Gasteiger partial charge >= 0.3 is 6.09 Å². The summed E-state index contributed by atoms with van der Waals surface area (Å²) in [6.45, 7) is 4.87. The molecule has 1 N–H and O–H groups in total. The van der Waals surface area contributed by atoms with Crippen LogP contribution in [-0.2, 0) is 4.74 Å². The zero-order valence-corrected chi connectivity index (χ0v) is 17.8. The molecule has 0 spiro atoms. The lowest BCUT2D eigenvalue weighted by molar-refractivity contribution is 0.129. The third-order valence-electron chi connectivity index (χ3n) is 3.92. The monoisotopic (exact) mass is 479 g/mol. The van der Waals surface area contributed by atoms with Gasteiger partial charge in [0.25, 0.3) is 12.9 Å². The number of nitrogens with one attached hydrogen (secondary N) is 1. The minimum absolute atomic E-state index is 0.0191. The molecule has 0 unspecified atom stereocenters. The van der Waals surface area contributed by atoms with Crippen molar-refractivity contribution in [1.82, 2.24) is 19.7 Å². The minimum Gasteiger partial charge on any atom is -0.447 e. The van der Waals surface area contributed by atoms with Gasteiger partial charge in [-0.25, -0.2) is 37.0 Å². The first kappa shape index (κ1) is 23.0. The standard InChI is InChI=1S/C18H15Cl2F4N5O2/c1-6(2)31-18(30)27-17-10-11(13(21)22)25-16(14(23)24)26-15(10)28-29(17)12-8(19)4-7(3)5-9(12)20/h4-6,13-14H,1-3H3,(H,27,30). The number of alkyl halides is 4. The van der Waals surface area contributed by atoms with E-state index in [1.54, 1.807) is 20.8 Å². The molecular weight excluding hydrogens is 465 g/mol. The van der Waals surface area contributed by atoms with Crippen molar-refractivity contribution in [2.75, 3.05) is 5.32 Å². The van der Waals surface area contributed by atoms with E-state index in [4.69, 9.17) is 27.9 Å². The molecule has 0 aliphatic heterocycles. The summed E-state index contributed by atoms with van der Waals surface area (Å²) < 4.78 is 59.7. The number of anilines is 1. The zero-order chi connectivity index (χ0) is 23.0. The van der Waals surface area contributed by atoms with E-state index in [1.165, 1.54) is 12.1 Å². The third kappa shape index (κ3) is 4.67. The van der Waals surface area contributed by atoms with Crippen LogP contribution in [0.1, 0.15) is 43.8 Å². The Morgan fingerprint density at radius 2 is 1.71 bits per heavy atom. The number of carbonyl (C=O) groups is 1. The lowest BCUT2D eigenvalue weighted by Gasteiger charge is -2.14. The molecule has 1 amide bonds. The Morgan fingerprint density at radius 3 is 2.23 bits per heavy atom. The van der Waals surface area contributed by atoms with Gasteiger partial charge in [-0.2, -0.15) is 0 Å². The normalized spacial score (nSPS) is 11.7. The molecule has 3 aromatic rings. The van der Waals surface area contributed by atoms with Gasteiger partial charge in [-0.3, -0.25) is 5.32 Å². The summed E-state index contributed by atoms with van der Waals surface area (Å²) in [7, 11) is 0. The number of nitrogens with zero attached hydrogens (tertiary/aromatic N) is 4. The number of aromatic nitrogens is 4. The molecule has 31 heavy (non-hydrogen) atoms. The van der Waals surface area contributed by atoms with Crippen LogP contribution in [0.15, 0.2) is 12.1 Å². The smallest absolute Gasteiger partial charge is 0.413 e. The van der Waals surface area contributed by atoms with E-state index in [-0.39, 0.29) is 21.6 Å². The summed E-state index contributed by atoms with van der Waals surface area (Å²) in [5, 5.41) is 6.00. The van der Waals surface area contributed by atoms with Crippen LogP contribution in [0.5, 0.6) is 0 Å². The zero-order valence-electron chi connectivity index (χ0n) is 16.3. The Bertz CT molecular complexity index is 1130. The van der Waals surface area contributed by atoms with Crippen LogP contribution in [0.4, 0.5) is 28.2 Å². The van der Waals surface area contributed by atoms with Gasteiger partial charge in [0.15, 0.2) is 17.3 Å². The highest BCUT2D eigenvalue weighted by atomic mass is 35.5. The first-order valence-electron chi connectivity index (χ1n) is 8.80. The van der Waals surface area contributed by atoms with E-state index in [0.717, 1.165) is 4.68 Å². The molecule has 13 heteroatoms. The fraction of sp³-hybridized carbons (Fsp3) is 0.333. The third-order valence-corrected chi connectivity index (χ3v) is 4.49. The van der Waals surface area contributed by atoms with Gasteiger partial charge in [0.2, 0.25) is 0 Å². The van der Waals surface area contributed by atoms with Crippen molar-refractivity contribution in [3.63, 3.8) is 0 Å². The fourth-order valence-corrected chi connectivity index (χ4v) is 3.56. The Kier molecular flexibility index (Phi) is 6.56. The molecule has 0 bridgehead atoms. The van der Waals surface area contributed by atoms with Crippen LogP contribution in [0.2, 0.25) is 10.0 Å². The van der Waals surface area contributed by atoms with Crippen LogP contribution in [0.3, 0.4) is 0 Å². The second kappa shape index (κ2) is 8.83. The van der Waals surface area contributed by atoms with Crippen LogP contribution >= 0.6 is 23.2 Å². The average Bonchev–Trinajstić information content (AvgIpc) is 2.97. The average molecular weight is 480 g/mol. The molecule has 2 aromatic heterocycles. The molecule has 0 aliphatic rings. The highest BCUT2D eigenvalue weighted by Crippen LogP contribution is 2.38. The fourth-order valence-electron chi connectivity index (χ4n) is 2.80. The first-order valence-corrected chi connectivity index (χ1v) is 9.55. The van der Waals surface area contributed by atoms with E-state index < -0.39 is 47.6 Å². The van der Waals surface area contributed by atoms with Crippen LogP contribution in [-0.4, -0.2) is 31.9 Å². The molecule has 0 aliphatic carbocycles. The Balaban J connectivity index is 2.37. The van der Waals surface area contributed by atoms with E-state index >= 15 is 0 Å². The summed E-state index contributed by atoms with van der Waals surface area (Å²) in [4.78, 5) is 19.1. The van der Waals surface area contributed by atoms with Crippen molar-refractivity contribution in [2.24, 2.45) is 0 Å². The minimum atomic E-state index is -3.27. The van der Waals surface area contributed by atoms with E-state index in [0.29, 0.717) is 5.56 Å². The van der Waals surface area contributed by atoms with Crippen molar-refractivity contribution in [3.8, 4) is 5.69 Å². The Morgan fingerprint density at radius 1 is 1.10 bits per heavy atom. The predicted octanol–water partition coefficient (Wildman–Crippen LogP) is 6.26. The highest BCUT2D eigenvalue weighted by Gasteiger charge is 2.29. The number of hydrogen-bond acceptors (Lipinski definition) is 5. The number of aryl methyl sites for hydroxylation is 1. The van der Waals surface area contributed by atoms with Gasteiger partial charge in [0.05, 0.1) is 21.5 Å². The highest BCUT2D eigenvalue weighted by molar-refractivity contribution is 6.38. The van der Waals surface area contributed by atoms with Gasteiger partial charge in [-0.1, -0.05) is 23.2 Å². The van der Waals surface area contributed by atoms with Gasteiger partial charge in [-0.05, 0) is 38.5 Å². The summed E-state index contributed by atoms with van der Waals surface area (Å²) in [5.74, 6) is -1.49. The van der Waals surface area contributed by atoms with E-state index in [1.807, 2.05) is 0 Å². The number of amides is 1. The molecule has 0 atom stereocenters. The van der Waals surface area contributed by atoms with E-state index in [9.17, 15) is 22.4 Å². The molecule has 1 aromatic carbocycles. The lowest BCUT2D eigenvalue weighted by atomic mass is 10.2. The Labute approximate surface area is 183 Å². The van der Waals surface area contributed by atoms with Gasteiger partial charge in [-0.15, -0.1) is 5.10 Å². The molecule has 7 nitrogen and oxygen atoms in total. The quantitative estimate of drug-likeness (QED) is 0.436. The molecule has 0 fully saturated rings. The summed E-state index contributed by atoms with van der Waals surface area (Å²) >= 11 is 12.6. The molecule has 0 saturated heterocycles. The molecule has 0 saturated carbocycles. The SMILES string of the molecule is Cc1cc(Cl)c(-n2nc3nc(C(F)F)nc(C(F)F)c3c2NC(=O)OC(C)C)c(Cl)c1. The lowest BCUT2D eigenvalue weighted by Crippen LogP contribution is -2.20. The molecular formula is C18H15Cl2F4N5O2. The predicted molar refractivity (Wildman–Crippen MR) is 107 cm³/mol. The number of fused-ring (bicyclic) bond motifs is 1. The number of rotatable bonds is 5. The number of halogens is 6. The second-order valence-corrected chi connectivity index (χ2v) is 7.50. The van der Waals surface area contributed by atoms with Crippen LogP contribution < -0.4 is 5.32 Å². The number of ether oxygens (including phenoxy) is 1. The van der Waals surface area contributed by atoms with E-state index in [2.05, 4.69) is 20.4 Å². The van der Waals surface area contributed by atoms with Crippen LogP contribution in [0.25, 0.3) is 16.7 Å². The maximum absolute atomic E-state index is 13.7. The van der Waals surface area contributed by atoms with Crippen molar-refractivity contribution >= 4 is 46.1 Å². The van der Waals surface area contributed by atoms with Gasteiger partial charge in [0.1, 0.15) is 11.4 Å². The second-order valence-electron chi connectivity index (χ2n) is 6.68. The number of carbonyl (C=O) groups excluding carboxylic acids is 1. The van der Waals surface area contributed by atoms with Crippen molar-refractivity contribution in [3.05, 3.63) is 39.3 Å².